The molecule has 0 saturated carbocycles. The molecule has 1 saturated heterocycles. The Balaban J connectivity index is 1.41. The van der Waals surface area contributed by atoms with E-state index >= 15 is 0 Å². The van der Waals surface area contributed by atoms with Crippen molar-refractivity contribution in [3.63, 3.8) is 0 Å². The highest BCUT2D eigenvalue weighted by Crippen LogP contribution is 2.33. The second-order valence-corrected chi connectivity index (χ2v) is 7.70. The first kappa shape index (κ1) is 19.2. The first-order valence-corrected chi connectivity index (χ1v) is 10.2. The molecule has 0 atom stereocenters. The van der Waals surface area contributed by atoms with Crippen molar-refractivity contribution in [2.24, 2.45) is 0 Å². The van der Waals surface area contributed by atoms with E-state index in [-0.39, 0.29) is 5.82 Å². The number of rotatable bonds is 4. The maximum atomic E-state index is 13.2. The number of fused-ring (bicyclic) bond motifs is 3. The summed E-state index contributed by atoms with van der Waals surface area (Å²) in [6, 6.07) is 11.5. The molecule has 1 fully saturated rings. The monoisotopic (exact) mass is 410 g/mol. The minimum absolute atomic E-state index is 0.340. The normalized spacial score (nSPS) is 17.6. The van der Waals surface area contributed by atoms with Crippen LogP contribution < -0.4 is 10.4 Å². The average molecular weight is 410 g/mol. The standard InChI is InChI=1S/C23H23FN2O4/c24-18-4-1-16(2-5-18)19-13-17-3-6-21-20(22(17)30-23(19)27)14-26(15-29-21)8-7-25-9-11-28-12-10-25/h1-6,13H,7-12,14-15H2. The van der Waals surface area contributed by atoms with Crippen molar-refractivity contribution in [1.29, 1.82) is 0 Å². The highest BCUT2D eigenvalue weighted by molar-refractivity contribution is 5.86. The molecule has 0 N–H and O–H groups in total. The molecule has 6 nitrogen and oxygen atoms in total. The molecule has 0 bridgehead atoms. The Morgan fingerprint density at radius 1 is 0.967 bits per heavy atom. The summed E-state index contributed by atoms with van der Waals surface area (Å²) in [5.74, 6) is 0.412. The largest absolute Gasteiger partial charge is 0.478 e. The zero-order valence-electron chi connectivity index (χ0n) is 16.6. The zero-order chi connectivity index (χ0) is 20.5. The summed E-state index contributed by atoms with van der Waals surface area (Å²) >= 11 is 0. The van der Waals surface area contributed by atoms with Gasteiger partial charge in [0.2, 0.25) is 0 Å². The van der Waals surface area contributed by atoms with Crippen LogP contribution in [0.5, 0.6) is 5.75 Å². The lowest BCUT2D eigenvalue weighted by Gasteiger charge is -2.32. The molecule has 0 unspecified atom stereocenters. The smallest absolute Gasteiger partial charge is 0.344 e. The van der Waals surface area contributed by atoms with Gasteiger partial charge in [-0.2, -0.15) is 0 Å². The Bertz CT molecular complexity index is 1110. The summed E-state index contributed by atoms with van der Waals surface area (Å²) in [5.41, 5.74) is 2.06. The minimum Gasteiger partial charge on any atom is -0.478 e. The molecule has 2 aliphatic rings. The molecular weight excluding hydrogens is 387 g/mol. The first-order chi connectivity index (χ1) is 14.7. The quantitative estimate of drug-likeness (QED) is 0.616. The van der Waals surface area contributed by atoms with E-state index in [4.69, 9.17) is 13.9 Å². The highest BCUT2D eigenvalue weighted by atomic mass is 19.1. The lowest BCUT2D eigenvalue weighted by atomic mass is 10.0. The summed E-state index contributed by atoms with van der Waals surface area (Å²) in [6.07, 6.45) is 0. The molecule has 7 heteroatoms. The molecule has 3 aromatic rings. The van der Waals surface area contributed by atoms with Gasteiger partial charge >= 0.3 is 5.63 Å². The summed E-state index contributed by atoms with van der Waals surface area (Å²) in [4.78, 5) is 17.3. The highest BCUT2D eigenvalue weighted by Gasteiger charge is 2.23. The van der Waals surface area contributed by atoms with E-state index in [9.17, 15) is 9.18 Å². The number of ether oxygens (including phenoxy) is 2. The van der Waals surface area contributed by atoms with Gasteiger partial charge in [0.25, 0.3) is 0 Å². The second-order valence-electron chi connectivity index (χ2n) is 7.70. The van der Waals surface area contributed by atoms with E-state index in [2.05, 4.69) is 9.80 Å². The van der Waals surface area contributed by atoms with E-state index in [0.29, 0.717) is 30.0 Å². The maximum absolute atomic E-state index is 13.2. The first-order valence-electron chi connectivity index (χ1n) is 10.2. The fourth-order valence-corrected chi connectivity index (χ4v) is 4.02. The molecule has 156 valence electrons. The third-order valence-electron chi connectivity index (χ3n) is 5.74. The Labute approximate surface area is 173 Å². The summed E-state index contributed by atoms with van der Waals surface area (Å²) < 4.78 is 30.3. The van der Waals surface area contributed by atoms with Crippen molar-refractivity contribution in [3.05, 3.63) is 64.3 Å². The van der Waals surface area contributed by atoms with Crippen molar-refractivity contribution >= 4 is 11.0 Å². The van der Waals surface area contributed by atoms with Crippen LogP contribution in [0.3, 0.4) is 0 Å². The van der Waals surface area contributed by atoms with Gasteiger partial charge in [0, 0.05) is 38.1 Å². The zero-order valence-corrected chi connectivity index (χ0v) is 16.6. The van der Waals surface area contributed by atoms with E-state index in [0.717, 1.165) is 56.1 Å². The van der Waals surface area contributed by atoms with Gasteiger partial charge in [-0.3, -0.25) is 9.80 Å². The average Bonchev–Trinajstić information content (AvgIpc) is 2.78. The van der Waals surface area contributed by atoms with E-state index in [1.807, 2.05) is 12.1 Å². The fraction of sp³-hybridized carbons (Fsp3) is 0.348. The predicted octanol–water partition coefficient (Wildman–Crippen LogP) is 3.08. The molecule has 0 aliphatic carbocycles. The van der Waals surface area contributed by atoms with Crippen LogP contribution in [-0.2, 0) is 11.3 Å². The Morgan fingerprint density at radius 2 is 1.73 bits per heavy atom. The third-order valence-corrected chi connectivity index (χ3v) is 5.74. The van der Waals surface area contributed by atoms with E-state index in [1.165, 1.54) is 12.1 Å². The van der Waals surface area contributed by atoms with Crippen LogP contribution >= 0.6 is 0 Å². The number of hydrogen-bond acceptors (Lipinski definition) is 6. The van der Waals surface area contributed by atoms with Crippen molar-refractivity contribution in [3.8, 4) is 16.9 Å². The van der Waals surface area contributed by atoms with Crippen LogP contribution in [0.1, 0.15) is 5.56 Å². The molecular formula is C23H23FN2O4. The molecule has 2 aliphatic heterocycles. The minimum atomic E-state index is -0.437. The van der Waals surface area contributed by atoms with E-state index < -0.39 is 5.63 Å². The van der Waals surface area contributed by atoms with Gasteiger partial charge < -0.3 is 13.9 Å². The van der Waals surface area contributed by atoms with Gasteiger partial charge in [0.05, 0.1) is 24.3 Å². The third kappa shape index (κ3) is 3.84. The van der Waals surface area contributed by atoms with Crippen molar-refractivity contribution < 1.29 is 18.3 Å². The fourth-order valence-electron chi connectivity index (χ4n) is 4.02. The maximum Gasteiger partial charge on any atom is 0.344 e. The summed E-state index contributed by atoms with van der Waals surface area (Å²) in [5, 5.41) is 0.825. The van der Waals surface area contributed by atoms with Gasteiger partial charge in [-0.15, -0.1) is 0 Å². The SMILES string of the molecule is O=c1oc2c3c(ccc2cc1-c1ccc(F)cc1)OCN(CCN1CCOCC1)C3. The van der Waals surface area contributed by atoms with Gasteiger partial charge in [0.1, 0.15) is 23.9 Å². The van der Waals surface area contributed by atoms with E-state index in [1.54, 1.807) is 18.2 Å². The number of benzene rings is 2. The molecule has 1 aromatic heterocycles. The van der Waals surface area contributed by atoms with Crippen LogP contribution in [0.15, 0.2) is 51.7 Å². The molecule has 0 radical (unpaired) electrons. The van der Waals surface area contributed by atoms with Gasteiger partial charge in [0.15, 0.2) is 0 Å². The Kier molecular flexibility index (Phi) is 5.25. The van der Waals surface area contributed by atoms with Crippen LogP contribution in [0.4, 0.5) is 4.39 Å². The number of halogens is 1. The summed E-state index contributed by atoms with van der Waals surface area (Å²) in [7, 11) is 0. The second kappa shape index (κ2) is 8.18. The van der Waals surface area contributed by atoms with Crippen LogP contribution in [-0.4, -0.2) is 55.9 Å². The Morgan fingerprint density at radius 3 is 2.53 bits per heavy atom. The predicted molar refractivity (Wildman–Crippen MR) is 111 cm³/mol. The number of morpholine rings is 1. The molecule has 0 spiro atoms. The van der Waals surface area contributed by atoms with Crippen molar-refractivity contribution in [1.82, 2.24) is 9.80 Å². The molecule has 3 heterocycles. The Hall–Kier alpha value is -2.74. The molecule has 0 amide bonds. The number of nitrogens with zero attached hydrogens (tertiary/aromatic N) is 2. The lowest BCUT2D eigenvalue weighted by molar-refractivity contribution is 0.0241. The molecule has 2 aromatic carbocycles. The van der Waals surface area contributed by atoms with Crippen LogP contribution in [0.2, 0.25) is 0 Å². The van der Waals surface area contributed by atoms with Crippen molar-refractivity contribution in [2.75, 3.05) is 46.1 Å². The molecule has 30 heavy (non-hydrogen) atoms. The molecule has 5 rings (SSSR count). The summed E-state index contributed by atoms with van der Waals surface area (Å²) in [6.45, 7) is 6.47. The van der Waals surface area contributed by atoms with Gasteiger partial charge in [-0.05, 0) is 35.9 Å². The van der Waals surface area contributed by atoms with Gasteiger partial charge in [-0.1, -0.05) is 12.1 Å². The van der Waals surface area contributed by atoms with Gasteiger partial charge in [-0.25, -0.2) is 9.18 Å². The van der Waals surface area contributed by atoms with Crippen LogP contribution in [0.25, 0.3) is 22.1 Å². The topological polar surface area (TPSA) is 55.2 Å². The number of hydrogen-bond donors (Lipinski definition) is 0. The van der Waals surface area contributed by atoms with Crippen LogP contribution in [0, 0.1) is 5.82 Å². The lowest BCUT2D eigenvalue weighted by Crippen LogP contribution is -2.43. The van der Waals surface area contributed by atoms with Crippen molar-refractivity contribution in [2.45, 2.75) is 6.54 Å².